The Bertz CT molecular complexity index is 1650. The van der Waals surface area contributed by atoms with Crippen LogP contribution in [0.3, 0.4) is 0 Å². The molecule has 0 bridgehead atoms. The fourth-order valence-corrected chi connectivity index (χ4v) is 5.02. The minimum absolute atomic E-state index is 0.150. The molecule has 0 fully saturated rings. The number of amides is 1. The van der Waals surface area contributed by atoms with Crippen molar-refractivity contribution in [1.82, 2.24) is 44.7 Å². The predicted molar refractivity (Wildman–Crippen MR) is 167 cm³/mol. The molecule has 14 heteroatoms. The lowest BCUT2D eigenvalue weighted by molar-refractivity contribution is 0.0474. The van der Waals surface area contributed by atoms with Crippen LogP contribution in [0.4, 0.5) is 4.79 Å². The Kier molecular flexibility index (Phi) is 10.3. The van der Waals surface area contributed by atoms with E-state index in [1.807, 2.05) is 57.2 Å². The highest BCUT2D eigenvalue weighted by molar-refractivity contribution is 7.09. The number of esters is 1. The molecule has 234 valence electrons. The average Bonchev–Trinajstić information content (AvgIpc) is 3.85. The van der Waals surface area contributed by atoms with E-state index in [0.29, 0.717) is 37.3 Å². The van der Waals surface area contributed by atoms with E-state index < -0.39 is 11.5 Å². The normalized spacial score (nSPS) is 11.4. The summed E-state index contributed by atoms with van der Waals surface area (Å²) < 4.78 is 14.5. The molecule has 1 amide bonds. The molecule has 0 saturated heterocycles. The van der Waals surface area contributed by atoms with E-state index >= 15 is 0 Å². The van der Waals surface area contributed by atoms with Crippen LogP contribution in [-0.2, 0) is 29.2 Å². The second-order valence-electron chi connectivity index (χ2n) is 11.1. The van der Waals surface area contributed by atoms with Gasteiger partial charge in [-0.3, -0.25) is 4.98 Å². The van der Waals surface area contributed by atoms with E-state index in [0.717, 1.165) is 21.7 Å². The third-order valence-electron chi connectivity index (χ3n) is 6.89. The van der Waals surface area contributed by atoms with Crippen molar-refractivity contribution in [3.63, 3.8) is 0 Å². The quantitative estimate of drug-likeness (QED) is 0.145. The van der Waals surface area contributed by atoms with Crippen molar-refractivity contribution in [2.75, 3.05) is 13.1 Å². The number of carbonyl (C=O) groups excluding carboxylic acids is 2. The summed E-state index contributed by atoms with van der Waals surface area (Å²) in [5, 5.41) is 11.7. The molecular formula is C31H35N9O4S. The van der Waals surface area contributed by atoms with Gasteiger partial charge < -0.3 is 19.7 Å². The summed E-state index contributed by atoms with van der Waals surface area (Å²) in [6.07, 6.45) is 8.10. The van der Waals surface area contributed by atoms with Gasteiger partial charge in [-0.2, -0.15) is 10.2 Å². The first-order valence-electron chi connectivity index (χ1n) is 14.4. The monoisotopic (exact) mass is 629 g/mol. The van der Waals surface area contributed by atoms with Crippen LogP contribution in [0.1, 0.15) is 53.6 Å². The van der Waals surface area contributed by atoms with Gasteiger partial charge >= 0.3 is 12.1 Å². The lowest BCUT2D eigenvalue weighted by atomic mass is 10.1. The maximum atomic E-state index is 13.1. The zero-order valence-electron chi connectivity index (χ0n) is 25.4. The standard InChI is InChI=1S/C31H35N9O4S/c1-31(2,3)38(30(42)44-16-23-5-8-25(9-6-23)39-20-34-18-36-39)12-4-11-32-14-24-7-10-26(40-21-35-19-37-40)13-28(24)29(41)43-17-27-15-33-22-45-27/h5-10,13,15,18-22,32H,4,11-12,14,16-17H2,1-3H3. The van der Waals surface area contributed by atoms with E-state index in [9.17, 15) is 9.59 Å². The molecule has 0 unspecified atom stereocenters. The maximum absolute atomic E-state index is 13.1. The first kappa shape index (κ1) is 31.5. The number of benzene rings is 2. The van der Waals surface area contributed by atoms with Crippen LogP contribution in [0.15, 0.2) is 79.5 Å². The van der Waals surface area contributed by atoms with Crippen molar-refractivity contribution in [3.05, 3.63) is 101 Å². The molecule has 2 aromatic carbocycles. The minimum Gasteiger partial charge on any atom is -0.456 e. The van der Waals surface area contributed by atoms with Crippen molar-refractivity contribution in [1.29, 1.82) is 0 Å². The van der Waals surface area contributed by atoms with Crippen molar-refractivity contribution in [2.45, 2.75) is 52.5 Å². The molecule has 0 aliphatic rings. The Hall–Kier alpha value is -4.95. The van der Waals surface area contributed by atoms with Crippen LogP contribution >= 0.6 is 11.3 Å². The number of nitrogens with zero attached hydrogens (tertiary/aromatic N) is 8. The average molecular weight is 630 g/mol. The number of hydrogen-bond acceptors (Lipinski definition) is 11. The first-order chi connectivity index (χ1) is 21.8. The summed E-state index contributed by atoms with van der Waals surface area (Å²) in [7, 11) is 0. The highest BCUT2D eigenvalue weighted by Crippen LogP contribution is 2.19. The second-order valence-corrected chi connectivity index (χ2v) is 12.1. The molecule has 0 spiro atoms. The molecular weight excluding hydrogens is 594 g/mol. The topological polar surface area (TPSA) is 142 Å². The van der Waals surface area contributed by atoms with Crippen LogP contribution in [0.2, 0.25) is 0 Å². The van der Waals surface area contributed by atoms with E-state index in [4.69, 9.17) is 9.47 Å². The molecule has 13 nitrogen and oxygen atoms in total. The van der Waals surface area contributed by atoms with E-state index in [1.54, 1.807) is 44.7 Å². The molecule has 0 radical (unpaired) electrons. The summed E-state index contributed by atoms with van der Waals surface area (Å²) in [5.74, 6) is -0.433. The maximum Gasteiger partial charge on any atom is 0.410 e. The van der Waals surface area contributed by atoms with Gasteiger partial charge in [0, 0.05) is 24.8 Å². The van der Waals surface area contributed by atoms with Gasteiger partial charge in [0.25, 0.3) is 0 Å². The molecule has 0 saturated carbocycles. The molecule has 1 N–H and O–H groups in total. The first-order valence-corrected chi connectivity index (χ1v) is 15.3. The third-order valence-corrected chi connectivity index (χ3v) is 7.64. The molecule has 3 heterocycles. The van der Waals surface area contributed by atoms with Crippen molar-refractivity contribution < 1.29 is 19.1 Å². The lowest BCUT2D eigenvalue weighted by Crippen LogP contribution is -2.46. The number of ether oxygens (including phenoxy) is 2. The van der Waals surface area contributed by atoms with Gasteiger partial charge in [-0.1, -0.05) is 18.2 Å². The number of thiazole rings is 1. The van der Waals surface area contributed by atoms with Gasteiger partial charge in [0.2, 0.25) is 0 Å². The highest BCUT2D eigenvalue weighted by atomic mass is 32.1. The smallest absolute Gasteiger partial charge is 0.410 e. The van der Waals surface area contributed by atoms with E-state index in [1.165, 1.54) is 24.0 Å². The molecule has 0 atom stereocenters. The molecule has 3 aromatic heterocycles. The number of hydrogen-bond donors (Lipinski definition) is 1. The molecule has 5 rings (SSSR count). The third kappa shape index (κ3) is 8.58. The Morgan fingerprint density at radius 2 is 1.62 bits per heavy atom. The fraction of sp³-hybridized carbons (Fsp3) is 0.323. The van der Waals surface area contributed by atoms with Crippen molar-refractivity contribution in [3.8, 4) is 11.4 Å². The zero-order valence-corrected chi connectivity index (χ0v) is 26.2. The zero-order chi connectivity index (χ0) is 31.6. The van der Waals surface area contributed by atoms with Gasteiger partial charge in [-0.25, -0.2) is 28.9 Å². The predicted octanol–water partition coefficient (Wildman–Crippen LogP) is 4.58. The van der Waals surface area contributed by atoms with E-state index in [-0.39, 0.29) is 19.3 Å². The second kappa shape index (κ2) is 14.7. The van der Waals surface area contributed by atoms with Crippen molar-refractivity contribution in [2.24, 2.45) is 0 Å². The molecule has 0 aliphatic carbocycles. The Labute approximate surface area is 264 Å². The van der Waals surface area contributed by atoms with Crippen LogP contribution in [-0.4, -0.2) is 70.1 Å². The number of rotatable bonds is 13. The Morgan fingerprint density at radius 3 is 2.27 bits per heavy atom. The fourth-order valence-electron chi connectivity index (χ4n) is 4.52. The van der Waals surface area contributed by atoms with Crippen molar-refractivity contribution >= 4 is 23.4 Å². The van der Waals surface area contributed by atoms with Crippen LogP contribution in [0.5, 0.6) is 0 Å². The van der Waals surface area contributed by atoms with Crippen LogP contribution in [0.25, 0.3) is 11.4 Å². The van der Waals surface area contributed by atoms with Crippen LogP contribution < -0.4 is 5.32 Å². The van der Waals surface area contributed by atoms with Gasteiger partial charge in [0.05, 0.1) is 27.3 Å². The minimum atomic E-state index is -0.433. The summed E-state index contributed by atoms with van der Waals surface area (Å²) in [6, 6.07) is 13.1. The van der Waals surface area contributed by atoms with E-state index in [2.05, 4.69) is 30.5 Å². The summed E-state index contributed by atoms with van der Waals surface area (Å²) in [4.78, 5) is 40.8. The Balaban J connectivity index is 1.14. The lowest BCUT2D eigenvalue weighted by Gasteiger charge is -2.34. The Morgan fingerprint density at radius 1 is 0.911 bits per heavy atom. The van der Waals surface area contributed by atoms with Gasteiger partial charge in [-0.05, 0) is 69.1 Å². The SMILES string of the molecule is CC(C)(C)N(CCCNCc1ccc(-n2cncn2)cc1C(=O)OCc1cncs1)C(=O)OCc1ccc(-n2cncn2)cc1. The van der Waals surface area contributed by atoms with Gasteiger partial charge in [-0.15, -0.1) is 11.3 Å². The summed E-state index contributed by atoms with van der Waals surface area (Å²) in [6.45, 7) is 7.80. The number of carbonyl (C=O) groups is 2. The van der Waals surface area contributed by atoms with Crippen LogP contribution in [0, 0.1) is 0 Å². The number of aromatic nitrogens is 7. The summed E-state index contributed by atoms with van der Waals surface area (Å²) >= 11 is 1.43. The van der Waals surface area contributed by atoms with Gasteiger partial charge in [0.1, 0.15) is 38.5 Å². The molecule has 0 aliphatic heterocycles. The molecule has 45 heavy (non-hydrogen) atoms. The van der Waals surface area contributed by atoms with Gasteiger partial charge in [0.15, 0.2) is 0 Å². The summed E-state index contributed by atoms with van der Waals surface area (Å²) in [5.41, 5.74) is 4.94. The molecule has 5 aromatic rings. The largest absolute Gasteiger partial charge is 0.456 e. The number of nitrogens with one attached hydrogen (secondary N) is 1. The highest BCUT2D eigenvalue weighted by Gasteiger charge is 2.27.